The normalized spacial score (nSPS) is 13.2. The Bertz CT molecular complexity index is 321. The van der Waals surface area contributed by atoms with Crippen molar-refractivity contribution in [2.24, 2.45) is 0 Å². The average molecular weight is 223 g/mol. The van der Waals surface area contributed by atoms with E-state index < -0.39 is 0 Å². The summed E-state index contributed by atoms with van der Waals surface area (Å²) >= 11 is 0. The number of hydrogen-bond donors (Lipinski definition) is 2. The number of nitrogens with one attached hydrogen (secondary N) is 1. The lowest BCUT2D eigenvalue weighted by Gasteiger charge is -2.09. The molecule has 0 aromatic heterocycles. The van der Waals surface area contributed by atoms with E-state index in [9.17, 15) is 4.39 Å². The molecule has 88 valence electrons. The first-order valence-corrected chi connectivity index (χ1v) is 5.48. The minimum absolute atomic E-state index is 0.204. The van der Waals surface area contributed by atoms with Crippen LogP contribution in [-0.4, -0.2) is 24.3 Å². The van der Waals surface area contributed by atoms with Crippen LogP contribution in [0.4, 0.5) is 4.39 Å². The summed E-state index contributed by atoms with van der Waals surface area (Å²) < 4.78 is 12.6. The average Bonchev–Trinajstić information content (AvgIpc) is 2.27. The maximum absolute atomic E-state index is 12.6. The van der Waals surface area contributed by atoms with Gasteiger partial charge in [0.1, 0.15) is 5.82 Å². The second kappa shape index (κ2) is 7.14. The molecule has 1 atom stereocenters. The topological polar surface area (TPSA) is 32.3 Å². The molecule has 1 aromatic rings. The summed E-state index contributed by atoms with van der Waals surface area (Å²) in [6.07, 6.45) is 4.68. The molecular weight excluding hydrogens is 205 g/mol. The standard InChI is InChI=1S/C13H18FNO/c1-11(8-10-16)15-9-2-3-12-4-6-13(14)7-5-12/h2-7,11,15-16H,8-10H2,1H3/b3-2+. The summed E-state index contributed by atoms with van der Waals surface area (Å²) in [4.78, 5) is 0. The van der Waals surface area contributed by atoms with Gasteiger partial charge in [-0.25, -0.2) is 4.39 Å². The number of halogens is 1. The van der Waals surface area contributed by atoms with Crippen molar-refractivity contribution in [3.63, 3.8) is 0 Å². The summed E-state index contributed by atoms with van der Waals surface area (Å²) in [6.45, 7) is 2.98. The molecular formula is C13H18FNO. The Morgan fingerprint density at radius 2 is 2.06 bits per heavy atom. The molecule has 1 rings (SSSR count). The lowest BCUT2D eigenvalue weighted by atomic mass is 10.2. The molecule has 0 saturated carbocycles. The Balaban J connectivity index is 2.29. The number of rotatable bonds is 6. The van der Waals surface area contributed by atoms with Crippen LogP contribution in [-0.2, 0) is 0 Å². The second-order valence-corrected chi connectivity index (χ2v) is 3.78. The van der Waals surface area contributed by atoms with Crippen molar-refractivity contribution >= 4 is 6.08 Å². The summed E-state index contributed by atoms with van der Waals surface area (Å²) in [6, 6.07) is 6.68. The molecule has 3 heteroatoms. The van der Waals surface area contributed by atoms with Gasteiger partial charge >= 0.3 is 0 Å². The zero-order valence-corrected chi connectivity index (χ0v) is 9.49. The van der Waals surface area contributed by atoms with Crippen molar-refractivity contribution in [2.45, 2.75) is 19.4 Å². The molecule has 0 bridgehead atoms. The maximum atomic E-state index is 12.6. The third-order valence-corrected chi connectivity index (χ3v) is 2.33. The van der Waals surface area contributed by atoms with Crippen LogP contribution < -0.4 is 5.32 Å². The molecule has 0 aliphatic rings. The summed E-state index contributed by atoms with van der Waals surface area (Å²) in [5.41, 5.74) is 0.984. The molecule has 0 amide bonds. The minimum Gasteiger partial charge on any atom is -0.396 e. The van der Waals surface area contributed by atoms with Gasteiger partial charge in [-0.05, 0) is 31.0 Å². The van der Waals surface area contributed by atoms with Crippen molar-refractivity contribution in [2.75, 3.05) is 13.2 Å². The lowest BCUT2D eigenvalue weighted by Crippen LogP contribution is -2.26. The van der Waals surface area contributed by atoms with E-state index in [0.717, 1.165) is 18.5 Å². The highest BCUT2D eigenvalue weighted by molar-refractivity contribution is 5.48. The molecule has 0 heterocycles. The molecule has 16 heavy (non-hydrogen) atoms. The molecule has 2 nitrogen and oxygen atoms in total. The van der Waals surface area contributed by atoms with Gasteiger partial charge in [0.15, 0.2) is 0 Å². The van der Waals surface area contributed by atoms with E-state index in [1.165, 1.54) is 12.1 Å². The van der Waals surface area contributed by atoms with Gasteiger partial charge in [-0.3, -0.25) is 0 Å². The van der Waals surface area contributed by atoms with Crippen molar-refractivity contribution < 1.29 is 9.50 Å². The van der Waals surface area contributed by atoms with Crippen LogP contribution >= 0.6 is 0 Å². The highest BCUT2D eigenvalue weighted by atomic mass is 19.1. The molecule has 1 unspecified atom stereocenters. The van der Waals surface area contributed by atoms with Gasteiger partial charge in [-0.2, -0.15) is 0 Å². The molecule has 0 aliphatic carbocycles. The van der Waals surface area contributed by atoms with Gasteiger partial charge in [0.2, 0.25) is 0 Å². The zero-order chi connectivity index (χ0) is 11.8. The van der Waals surface area contributed by atoms with E-state index in [0.29, 0.717) is 6.04 Å². The van der Waals surface area contributed by atoms with E-state index in [1.807, 2.05) is 19.1 Å². The third-order valence-electron chi connectivity index (χ3n) is 2.33. The highest BCUT2D eigenvalue weighted by Crippen LogP contribution is 2.04. The first-order valence-electron chi connectivity index (χ1n) is 5.48. The zero-order valence-electron chi connectivity index (χ0n) is 9.49. The Labute approximate surface area is 95.8 Å². The van der Waals surface area contributed by atoms with Gasteiger partial charge in [0.05, 0.1) is 0 Å². The number of aliphatic hydroxyl groups excluding tert-OH is 1. The monoisotopic (exact) mass is 223 g/mol. The van der Waals surface area contributed by atoms with Crippen LogP contribution in [0.5, 0.6) is 0 Å². The van der Waals surface area contributed by atoms with Crippen LogP contribution in [0.2, 0.25) is 0 Å². The van der Waals surface area contributed by atoms with Crippen LogP contribution in [0.15, 0.2) is 30.3 Å². The third kappa shape index (κ3) is 5.05. The van der Waals surface area contributed by atoms with E-state index >= 15 is 0 Å². The van der Waals surface area contributed by atoms with E-state index in [4.69, 9.17) is 5.11 Å². The summed E-state index contributed by atoms with van der Waals surface area (Å²) in [5.74, 6) is -0.216. The number of aliphatic hydroxyl groups is 1. The van der Waals surface area contributed by atoms with Crippen molar-refractivity contribution in [3.8, 4) is 0 Å². The van der Waals surface area contributed by atoms with Crippen LogP contribution in [0, 0.1) is 5.82 Å². The summed E-state index contributed by atoms with van der Waals surface area (Å²) in [7, 11) is 0. The largest absolute Gasteiger partial charge is 0.396 e. The van der Waals surface area contributed by atoms with Crippen molar-refractivity contribution in [1.82, 2.24) is 5.32 Å². The fourth-order valence-electron chi connectivity index (χ4n) is 1.33. The van der Waals surface area contributed by atoms with E-state index in [2.05, 4.69) is 5.32 Å². The molecule has 2 N–H and O–H groups in total. The van der Waals surface area contributed by atoms with Gasteiger partial charge in [0.25, 0.3) is 0 Å². The molecule has 0 radical (unpaired) electrons. The van der Waals surface area contributed by atoms with Crippen LogP contribution in [0.1, 0.15) is 18.9 Å². The van der Waals surface area contributed by atoms with E-state index in [-0.39, 0.29) is 12.4 Å². The molecule has 1 aromatic carbocycles. The summed E-state index contributed by atoms with van der Waals surface area (Å²) in [5, 5.41) is 11.9. The Morgan fingerprint density at radius 3 is 2.69 bits per heavy atom. The quantitative estimate of drug-likeness (QED) is 0.775. The SMILES string of the molecule is CC(CCO)NC/C=C/c1ccc(F)cc1. The molecule has 0 saturated heterocycles. The minimum atomic E-state index is -0.216. The van der Waals surface area contributed by atoms with Crippen LogP contribution in [0.3, 0.4) is 0 Å². The predicted molar refractivity (Wildman–Crippen MR) is 64.6 cm³/mol. The molecule has 0 spiro atoms. The fourth-order valence-corrected chi connectivity index (χ4v) is 1.33. The van der Waals surface area contributed by atoms with Gasteiger partial charge < -0.3 is 10.4 Å². The van der Waals surface area contributed by atoms with Gasteiger partial charge in [0, 0.05) is 19.2 Å². The van der Waals surface area contributed by atoms with Gasteiger partial charge in [-0.1, -0.05) is 24.3 Å². The fraction of sp³-hybridized carbons (Fsp3) is 0.385. The first kappa shape index (κ1) is 12.9. The smallest absolute Gasteiger partial charge is 0.123 e. The Kier molecular flexibility index (Phi) is 5.75. The maximum Gasteiger partial charge on any atom is 0.123 e. The lowest BCUT2D eigenvalue weighted by molar-refractivity contribution is 0.270. The molecule has 0 fully saturated rings. The van der Waals surface area contributed by atoms with Crippen LogP contribution in [0.25, 0.3) is 6.08 Å². The number of hydrogen-bond acceptors (Lipinski definition) is 2. The Morgan fingerprint density at radius 1 is 1.38 bits per heavy atom. The Hall–Kier alpha value is -1.19. The highest BCUT2D eigenvalue weighted by Gasteiger charge is 1.96. The van der Waals surface area contributed by atoms with E-state index in [1.54, 1.807) is 12.1 Å². The van der Waals surface area contributed by atoms with Crippen molar-refractivity contribution in [1.29, 1.82) is 0 Å². The number of benzene rings is 1. The predicted octanol–water partition coefficient (Wildman–Crippen LogP) is 2.20. The second-order valence-electron chi connectivity index (χ2n) is 3.78. The van der Waals surface area contributed by atoms with Crippen molar-refractivity contribution in [3.05, 3.63) is 41.7 Å². The molecule has 0 aliphatic heterocycles. The van der Waals surface area contributed by atoms with Gasteiger partial charge in [-0.15, -0.1) is 0 Å². The first-order chi connectivity index (χ1) is 7.72.